The number of thiophene rings is 1. The zero-order valence-corrected chi connectivity index (χ0v) is 13.1. The second-order valence-corrected chi connectivity index (χ2v) is 6.51. The van der Waals surface area contributed by atoms with Crippen molar-refractivity contribution in [1.29, 1.82) is 0 Å². The third-order valence-corrected chi connectivity index (χ3v) is 4.10. The van der Waals surface area contributed by atoms with Crippen LogP contribution in [0, 0.1) is 0 Å². The molecule has 1 aromatic carbocycles. The predicted octanol–water partition coefficient (Wildman–Crippen LogP) is 3.88. The Hall–Kier alpha value is -1.23. The summed E-state index contributed by atoms with van der Waals surface area (Å²) in [6.07, 6.45) is 0.986. The first-order chi connectivity index (χ1) is 9.63. The van der Waals surface area contributed by atoms with Gasteiger partial charge in [0.25, 0.3) is 0 Å². The van der Waals surface area contributed by atoms with E-state index in [-0.39, 0.29) is 0 Å². The largest absolute Gasteiger partial charge is 0.494 e. The fourth-order valence-electron chi connectivity index (χ4n) is 1.87. The minimum Gasteiger partial charge on any atom is -0.494 e. The molecule has 0 saturated heterocycles. The van der Waals surface area contributed by atoms with Gasteiger partial charge < -0.3 is 15.4 Å². The van der Waals surface area contributed by atoms with E-state index in [4.69, 9.17) is 22.1 Å². The highest BCUT2D eigenvalue weighted by atomic mass is 35.5. The Bertz CT molecular complexity index is 527. The van der Waals surface area contributed by atoms with Gasteiger partial charge in [-0.1, -0.05) is 11.6 Å². The number of nitrogens with zero attached hydrogens (tertiary/aromatic N) is 1. The van der Waals surface area contributed by atoms with Gasteiger partial charge in [-0.15, -0.1) is 11.3 Å². The van der Waals surface area contributed by atoms with Crippen LogP contribution in [0.15, 0.2) is 36.4 Å². The van der Waals surface area contributed by atoms with Crippen LogP contribution in [0.4, 0.5) is 5.69 Å². The minimum absolute atomic E-state index is 0.708. The second-order valence-electron chi connectivity index (χ2n) is 4.71. The molecular formula is C15H19ClN2OS. The van der Waals surface area contributed by atoms with Gasteiger partial charge in [-0.05, 0) is 49.9 Å². The normalized spacial score (nSPS) is 10.9. The van der Waals surface area contributed by atoms with E-state index in [2.05, 4.69) is 18.0 Å². The average molecular weight is 311 g/mol. The van der Waals surface area contributed by atoms with Crippen molar-refractivity contribution < 1.29 is 4.74 Å². The minimum atomic E-state index is 0.708. The van der Waals surface area contributed by atoms with Crippen LogP contribution >= 0.6 is 22.9 Å². The van der Waals surface area contributed by atoms with Crippen molar-refractivity contribution in [2.24, 2.45) is 0 Å². The van der Waals surface area contributed by atoms with E-state index in [1.807, 2.05) is 30.3 Å². The van der Waals surface area contributed by atoms with Crippen LogP contribution in [0.5, 0.6) is 5.75 Å². The van der Waals surface area contributed by atoms with Crippen molar-refractivity contribution in [1.82, 2.24) is 4.90 Å². The molecule has 1 aromatic heterocycles. The van der Waals surface area contributed by atoms with Crippen LogP contribution in [0.1, 0.15) is 11.3 Å². The zero-order valence-electron chi connectivity index (χ0n) is 11.5. The molecule has 0 atom stereocenters. The van der Waals surface area contributed by atoms with Crippen molar-refractivity contribution in [3.05, 3.63) is 45.6 Å². The van der Waals surface area contributed by atoms with Crippen LogP contribution in [0.25, 0.3) is 0 Å². The Kier molecular flexibility index (Phi) is 5.71. The summed E-state index contributed by atoms with van der Waals surface area (Å²) >= 11 is 7.55. The number of ether oxygens (including phenoxy) is 1. The number of nitrogens with two attached hydrogens (primary N) is 1. The van der Waals surface area contributed by atoms with E-state index in [0.29, 0.717) is 6.61 Å². The Labute approximate surface area is 128 Å². The van der Waals surface area contributed by atoms with Gasteiger partial charge in [0, 0.05) is 23.7 Å². The Morgan fingerprint density at radius 1 is 1.20 bits per heavy atom. The molecule has 3 nitrogen and oxygen atoms in total. The van der Waals surface area contributed by atoms with Crippen LogP contribution in [-0.2, 0) is 6.54 Å². The van der Waals surface area contributed by atoms with Gasteiger partial charge in [0.2, 0.25) is 0 Å². The molecule has 108 valence electrons. The standard InChI is InChI=1S/C15H19ClN2OS/c1-18(11-14-7-8-15(16)20-14)9-2-10-19-13-5-3-12(17)4-6-13/h3-8H,2,9-11,17H2,1H3. The van der Waals surface area contributed by atoms with E-state index in [0.717, 1.165) is 35.3 Å². The molecule has 0 fully saturated rings. The first-order valence-electron chi connectivity index (χ1n) is 6.54. The molecule has 0 spiro atoms. The van der Waals surface area contributed by atoms with E-state index < -0.39 is 0 Å². The van der Waals surface area contributed by atoms with Gasteiger partial charge in [0.15, 0.2) is 0 Å². The summed E-state index contributed by atoms with van der Waals surface area (Å²) in [5, 5.41) is 0. The molecule has 0 radical (unpaired) electrons. The molecule has 5 heteroatoms. The molecule has 2 rings (SSSR count). The van der Waals surface area contributed by atoms with Crippen molar-refractivity contribution in [3.63, 3.8) is 0 Å². The SMILES string of the molecule is CN(CCCOc1ccc(N)cc1)Cc1ccc(Cl)s1. The van der Waals surface area contributed by atoms with E-state index >= 15 is 0 Å². The van der Waals surface area contributed by atoms with Gasteiger partial charge >= 0.3 is 0 Å². The number of anilines is 1. The lowest BCUT2D eigenvalue weighted by Gasteiger charge is -2.15. The van der Waals surface area contributed by atoms with Gasteiger partial charge in [0.05, 0.1) is 10.9 Å². The van der Waals surface area contributed by atoms with E-state index in [1.54, 1.807) is 11.3 Å². The molecular weight excluding hydrogens is 292 g/mol. The van der Waals surface area contributed by atoms with Gasteiger partial charge in [0.1, 0.15) is 5.75 Å². The maximum absolute atomic E-state index is 5.92. The van der Waals surface area contributed by atoms with E-state index in [1.165, 1.54) is 4.88 Å². The van der Waals surface area contributed by atoms with Gasteiger partial charge in [-0.2, -0.15) is 0 Å². The molecule has 2 N–H and O–H groups in total. The van der Waals surface area contributed by atoms with Gasteiger partial charge in [-0.25, -0.2) is 0 Å². The summed E-state index contributed by atoms with van der Waals surface area (Å²) in [5.74, 6) is 0.867. The van der Waals surface area contributed by atoms with Crippen LogP contribution in [-0.4, -0.2) is 25.1 Å². The van der Waals surface area contributed by atoms with Crippen molar-refractivity contribution in [2.45, 2.75) is 13.0 Å². The molecule has 2 aromatic rings. The van der Waals surface area contributed by atoms with Crippen molar-refractivity contribution in [3.8, 4) is 5.75 Å². The third-order valence-electron chi connectivity index (χ3n) is 2.89. The molecule has 0 aliphatic carbocycles. The Morgan fingerprint density at radius 2 is 1.95 bits per heavy atom. The molecule has 0 aliphatic rings. The quantitative estimate of drug-likeness (QED) is 0.623. The highest BCUT2D eigenvalue weighted by molar-refractivity contribution is 7.16. The maximum atomic E-state index is 5.92. The Balaban J connectivity index is 1.64. The number of nitrogen functional groups attached to an aromatic ring is 1. The Morgan fingerprint density at radius 3 is 2.60 bits per heavy atom. The first-order valence-corrected chi connectivity index (χ1v) is 7.74. The fourth-order valence-corrected chi connectivity index (χ4v) is 3.04. The highest BCUT2D eigenvalue weighted by Crippen LogP contribution is 2.22. The molecule has 0 unspecified atom stereocenters. The monoisotopic (exact) mass is 310 g/mol. The lowest BCUT2D eigenvalue weighted by Crippen LogP contribution is -2.20. The number of benzene rings is 1. The van der Waals surface area contributed by atoms with Gasteiger partial charge in [-0.3, -0.25) is 0 Å². The predicted molar refractivity (Wildman–Crippen MR) is 86.6 cm³/mol. The lowest BCUT2D eigenvalue weighted by molar-refractivity contribution is 0.260. The number of hydrogen-bond acceptors (Lipinski definition) is 4. The maximum Gasteiger partial charge on any atom is 0.119 e. The second kappa shape index (κ2) is 7.53. The summed E-state index contributed by atoms with van der Waals surface area (Å²) in [5.41, 5.74) is 6.38. The molecule has 0 saturated carbocycles. The topological polar surface area (TPSA) is 38.5 Å². The fraction of sp³-hybridized carbons (Fsp3) is 0.333. The molecule has 0 amide bonds. The summed E-state index contributed by atoms with van der Waals surface area (Å²) in [7, 11) is 2.11. The third kappa shape index (κ3) is 5.04. The zero-order chi connectivity index (χ0) is 14.4. The summed E-state index contributed by atoms with van der Waals surface area (Å²) in [6, 6.07) is 11.5. The molecule has 0 aliphatic heterocycles. The summed E-state index contributed by atoms with van der Waals surface area (Å²) < 4.78 is 6.51. The highest BCUT2D eigenvalue weighted by Gasteiger charge is 2.03. The summed E-state index contributed by atoms with van der Waals surface area (Å²) in [6.45, 7) is 2.63. The van der Waals surface area contributed by atoms with Crippen LogP contribution < -0.4 is 10.5 Å². The smallest absolute Gasteiger partial charge is 0.119 e. The molecule has 20 heavy (non-hydrogen) atoms. The average Bonchev–Trinajstić information content (AvgIpc) is 2.82. The first kappa shape index (κ1) is 15.2. The van der Waals surface area contributed by atoms with Crippen molar-refractivity contribution in [2.75, 3.05) is 25.9 Å². The number of hydrogen-bond donors (Lipinski definition) is 1. The summed E-state index contributed by atoms with van der Waals surface area (Å²) in [4.78, 5) is 3.56. The lowest BCUT2D eigenvalue weighted by atomic mass is 10.3. The number of halogens is 1. The molecule has 1 heterocycles. The number of rotatable bonds is 7. The molecule has 0 bridgehead atoms. The van der Waals surface area contributed by atoms with Crippen molar-refractivity contribution >= 4 is 28.6 Å². The van der Waals surface area contributed by atoms with Crippen LogP contribution in [0.3, 0.4) is 0 Å². The van der Waals surface area contributed by atoms with Crippen LogP contribution in [0.2, 0.25) is 4.34 Å². The van der Waals surface area contributed by atoms with E-state index in [9.17, 15) is 0 Å².